The summed E-state index contributed by atoms with van der Waals surface area (Å²) in [6.45, 7) is 5.36. The van der Waals surface area contributed by atoms with Crippen molar-refractivity contribution in [3.05, 3.63) is 23.7 Å². The molecule has 0 aliphatic heterocycles. The maximum atomic E-state index is 12.4. The molecule has 0 N–H and O–H groups in total. The van der Waals surface area contributed by atoms with Crippen molar-refractivity contribution in [1.82, 2.24) is 9.80 Å². The first-order chi connectivity index (χ1) is 9.95. The number of likely N-dealkylation sites (N-methyl/N-ethyl adjacent to an activating group) is 2. The van der Waals surface area contributed by atoms with Gasteiger partial charge in [0.1, 0.15) is 11.5 Å². The molecule has 0 unspecified atom stereocenters. The molecule has 0 saturated heterocycles. The summed E-state index contributed by atoms with van der Waals surface area (Å²) >= 11 is 0. The number of furan rings is 1. The van der Waals surface area contributed by atoms with E-state index in [2.05, 4.69) is 6.92 Å². The molecule has 4 nitrogen and oxygen atoms in total. The average Bonchev–Trinajstić information content (AvgIpc) is 2.83. The van der Waals surface area contributed by atoms with Gasteiger partial charge in [0.2, 0.25) is 5.91 Å². The Morgan fingerprint density at radius 1 is 1.24 bits per heavy atom. The summed E-state index contributed by atoms with van der Waals surface area (Å²) in [6, 6.07) is 4.36. The van der Waals surface area contributed by atoms with Crippen LogP contribution in [0.25, 0.3) is 0 Å². The van der Waals surface area contributed by atoms with E-state index in [0.29, 0.717) is 19.1 Å². The standard InChI is InChI=1S/C17H28N2O2/c1-13-5-8-15(9-6-13)19(4)17(20)12-18(3)11-16-10-7-14(2)21-16/h7,10,13,15H,5-6,8-9,11-12H2,1-4H3. The van der Waals surface area contributed by atoms with E-state index in [-0.39, 0.29) is 5.91 Å². The highest BCUT2D eigenvalue weighted by Crippen LogP contribution is 2.26. The van der Waals surface area contributed by atoms with Crippen molar-refractivity contribution in [2.75, 3.05) is 20.6 Å². The molecule has 1 aliphatic rings. The predicted octanol–water partition coefficient (Wildman–Crippen LogP) is 3.06. The number of hydrogen-bond donors (Lipinski definition) is 0. The molecule has 0 spiro atoms. The van der Waals surface area contributed by atoms with Crippen molar-refractivity contribution in [2.45, 2.75) is 52.1 Å². The highest BCUT2D eigenvalue weighted by Gasteiger charge is 2.25. The monoisotopic (exact) mass is 292 g/mol. The fourth-order valence-corrected chi connectivity index (χ4v) is 3.07. The molecule has 1 aromatic heterocycles. The minimum absolute atomic E-state index is 0.209. The fraction of sp³-hybridized carbons (Fsp3) is 0.706. The first kappa shape index (κ1) is 16.1. The number of nitrogens with zero attached hydrogens (tertiary/aromatic N) is 2. The fourth-order valence-electron chi connectivity index (χ4n) is 3.07. The van der Waals surface area contributed by atoms with Gasteiger partial charge in [-0.1, -0.05) is 6.92 Å². The van der Waals surface area contributed by atoms with E-state index in [1.807, 2.05) is 43.0 Å². The second-order valence-electron chi connectivity index (χ2n) is 6.60. The molecule has 1 aromatic rings. The summed E-state index contributed by atoms with van der Waals surface area (Å²) in [5.41, 5.74) is 0. The molecule has 1 fully saturated rings. The molecule has 0 radical (unpaired) electrons. The van der Waals surface area contributed by atoms with Crippen LogP contribution in [0.2, 0.25) is 0 Å². The lowest BCUT2D eigenvalue weighted by molar-refractivity contribution is -0.133. The predicted molar refractivity (Wildman–Crippen MR) is 84.0 cm³/mol. The SMILES string of the molecule is Cc1ccc(CN(C)CC(=O)N(C)C2CCC(C)CC2)o1. The first-order valence-corrected chi connectivity index (χ1v) is 7.95. The van der Waals surface area contributed by atoms with Gasteiger partial charge in [-0.25, -0.2) is 0 Å². The second-order valence-corrected chi connectivity index (χ2v) is 6.60. The molecule has 1 amide bonds. The van der Waals surface area contributed by atoms with Gasteiger partial charge in [0.25, 0.3) is 0 Å². The van der Waals surface area contributed by atoms with Crippen molar-refractivity contribution < 1.29 is 9.21 Å². The largest absolute Gasteiger partial charge is 0.465 e. The Morgan fingerprint density at radius 2 is 1.90 bits per heavy atom. The van der Waals surface area contributed by atoms with E-state index in [0.717, 1.165) is 30.3 Å². The molecule has 4 heteroatoms. The van der Waals surface area contributed by atoms with Gasteiger partial charge in [-0.3, -0.25) is 9.69 Å². The van der Waals surface area contributed by atoms with Crippen LogP contribution in [-0.4, -0.2) is 42.4 Å². The summed E-state index contributed by atoms with van der Waals surface area (Å²) in [4.78, 5) is 16.4. The molecule has 0 atom stereocenters. The summed E-state index contributed by atoms with van der Waals surface area (Å²) in [7, 11) is 3.92. The molecule has 1 aliphatic carbocycles. The number of amides is 1. The lowest BCUT2D eigenvalue weighted by atomic mass is 9.87. The van der Waals surface area contributed by atoms with Crippen LogP contribution in [-0.2, 0) is 11.3 Å². The van der Waals surface area contributed by atoms with Crippen LogP contribution >= 0.6 is 0 Å². The third-order valence-corrected chi connectivity index (χ3v) is 4.55. The average molecular weight is 292 g/mol. The van der Waals surface area contributed by atoms with Crippen LogP contribution in [0.15, 0.2) is 16.5 Å². The van der Waals surface area contributed by atoms with Gasteiger partial charge in [-0.15, -0.1) is 0 Å². The van der Waals surface area contributed by atoms with Crippen molar-refractivity contribution in [1.29, 1.82) is 0 Å². The minimum atomic E-state index is 0.209. The normalized spacial score (nSPS) is 22.5. The van der Waals surface area contributed by atoms with Gasteiger partial charge in [0.05, 0.1) is 13.1 Å². The Bertz CT molecular complexity index is 461. The quantitative estimate of drug-likeness (QED) is 0.837. The molecule has 1 saturated carbocycles. The molecule has 0 aromatic carbocycles. The van der Waals surface area contributed by atoms with Crippen molar-refractivity contribution in [2.24, 2.45) is 5.92 Å². The van der Waals surface area contributed by atoms with E-state index in [1.54, 1.807) is 0 Å². The van der Waals surface area contributed by atoms with Gasteiger partial charge >= 0.3 is 0 Å². The van der Waals surface area contributed by atoms with Crippen LogP contribution in [0.4, 0.5) is 0 Å². The Labute approximate surface area is 128 Å². The van der Waals surface area contributed by atoms with Crippen LogP contribution in [0.5, 0.6) is 0 Å². The van der Waals surface area contributed by atoms with E-state index in [1.165, 1.54) is 12.8 Å². The van der Waals surface area contributed by atoms with Crippen LogP contribution < -0.4 is 0 Å². The van der Waals surface area contributed by atoms with Gasteiger partial charge < -0.3 is 9.32 Å². The number of hydrogen-bond acceptors (Lipinski definition) is 3. The van der Waals surface area contributed by atoms with Crippen molar-refractivity contribution in [3.63, 3.8) is 0 Å². The molecule has 21 heavy (non-hydrogen) atoms. The van der Waals surface area contributed by atoms with Crippen LogP contribution in [0.1, 0.15) is 44.1 Å². The summed E-state index contributed by atoms with van der Waals surface area (Å²) < 4.78 is 5.56. The maximum absolute atomic E-state index is 12.4. The van der Waals surface area contributed by atoms with Crippen LogP contribution in [0.3, 0.4) is 0 Å². The van der Waals surface area contributed by atoms with E-state index in [4.69, 9.17) is 4.42 Å². The zero-order valence-electron chi connectivity index (χ0n) is 13.8. The van der Waals surface area contributed by atoms with E-state index in [9.17, 15) is 4.79 Å². The Hall–Kier alpha value is -1.29. The van der Waals surface area contributed by atoms with Gasteiger partial charge in [-0.05, 0) is 57.7 Å². The Morgan fingerprint density at radius 3 is 2.48 bits per heavy atom. The van der Waals surface area contributed by atoms with Crippen LogP contribution in [0, 0.1) is 12.8 Å². The highest BCUT2D eigenvalue weighted by molar-refractivity contribution is 5.78. The molecular formula is C17H28N2O2. The topological polar surface area (TPSA) is 36.7 Å². The minimum Gasteiger partial charge on any atom is -0.465 e. The van der Waals surface area contributed by atoms with Crippen molar-refractivity contribution in [3.8, 4) is 0 Å². The number of rotatable bonds is 5. The van der Waals surface area contributed by atoms with Crippen molar-refractivity contribution >= 4 is 5.91 Å². The molecular weight excluding hydrogens is 264 g/mol. The maximum Gasteiger partial charge on any atom is 0.236 e. The lowest BCUT2D eigenvalue weighted by Crippen LogP contribution is -2.43. The number of carbonyl (C=O) groups is 1. The Balaban J connectivity index is 1.79. The second kappa shape index (κ2) is 7.12. The number of carbonyl (C=O) groups excluding carboxylic acids is 1. The first-order valence-electron chi connectivity index (χ1n) is 7.95. The molecule has 1 heterocycles. The van der Waals surface area contributed by atoms with Gasteiger partial charge in [0, 0.05) is 13.1 Å². The summed E-state index contributed by atoms with van der Waals surface area (Å²) in [5.74, 6) is 2.85. The molecule has 2 rings (SSSR count). The molecule has 118 valence electrons. The zero-order chi connectivity index (χ0) is 15.4. The van der Waals surface area contributed by atoms with Gasteiger partial charge in [-0.2, -0.15) is 0 Å². The third-order valence-electron chi connectivity index (χ3n) is 4.55. The van der Waals surface area contributed by atoms with E-state index < -0.39 is 0 Å². The summed E-state index contributed by atoms with van der Waals surface area (Å²) in [5, 5.41) is 0. The lowest BCUT2D eigenvalue weighted by Gasteiger charge is -2.34. The Kier molecular flexibility index (Phi) is 5.45. The number of aryl methyl sites for hydroxylation is 1. The summed E-state index contributed by atoms with van der Waals surface area (Å²) in [6.07, 6.45) is 4.77. The van der Waals surface area contributed by atoms with E-state index >= 15 is 0 Å². The van der Waals surface area contributed by atoms with Gasteiger partial charge in [0.15, 0.2) is 0 Å². The smallest absolute Gasteiger partial charge is 0.236 e. The highest BCUT2D eigenvalue weighted by atomic mass is 16.3. The third kappa shape index (κ3) is 4.60. The zero-order valence-corrected chi connectivity index (χ0v) is 13.8. The molecule has 0 bridgehead atoms.